The molecule has 1 amide bonds. The van der Waals surface area contributed by atoms with Gasteiger partial charge in [-0.2, -0.15) is 13.2 Å². The number of aryl methyl sites for hydroxylation is 1. The predicted molar refractivity (Wildman–Crippen MR) is 114 cm³/mol. The third kappa shape index (κ3) is 5.14. The van der Waals surface area contributed by atoms with E-state index < -0.39 is 17.8 Å². The first-order valence-electron chi connectivity index (χ1n) is 10.0. The Morgan fingerprint density at radius 3 is 2.45 bits per heavy atom. The zero-order valence-electron chi connectivity index (χ0n) is 17.6. The highest BCUT2D eigenvalue weighted by Crippen LogP contribution is 2.32. The number of hydrogen-bond acceptors (Lipinski definition) is 3. The van der Waals surface area contributed by atoms with Gasteiger partial charge in [-0.15, -0.1) is 0 Å². The van der Waals surface area contributed by atoms with Crippen LogP contribution in [0.3, 0.4) is 0 Å². The van der Waals surface area contributed by atoms with Crippen LogP contribution >= 0.6 is 0 Å². The summed E-state index contributed by atoms with van der Waals surface area (Å²) in [4.78, 5) is 19.4. The number of rotatable bonds is 7. The summed E-state index contributed by atoms with van der Waals surface area (Å²) in [5, 5.41) is 2.87. The molecular weight excluding hydrogens is 405 g/mol. The summed E-state index contributed by atoms with van der Waals surface area (Å²) in [5.74, 6) is 0.356. The predicted octanol–water partition coefficient (Wildman–Crippen LogP) is 5.13. The quantitative estimate of drug-likeness (QED) is 0.566. The van der Waals surface area contributed by atoms with E-state index in [1.165, 1.54) is 6.07 Å². The Labute approximate surface area is 179 Å². The van der Waals surface area contributed by atoms with Crippen molar-refractivity contribution in [3.63, 3.8) is 0 Å². The second kappa shape index (κ2) is 9.34. The molecule has 1 atom stereocenters. The van der Waals surface area contributed by atoms with Crippen LogP contribution in [0.4, 0.5) is 18.9 Å². The Bertz CT molecular complexity index is 1040. The van der Waals surface area contributed by atoms with E-state index in [-0.39, 0.29) is 5.91 Å². The molecule has 0 aliphatic carbocycles. The molecule has 0 radical (unpaired) electrons. The van der Waals surface area contributed by atoms with E-state index in [1.807, 2.05) is 42.6 Å². The number of carbonyl (C=O) groups is 1. The molecule has 0 saturated heterocycles. The fourth-order valence-electron chi connectivity index (χ4n) is 3.59. The van der Waals surface area contributed by atoms with Crippen LogP contribution in [0.1, 0.15) is 31.0 Å². The van der Waals surface area contributed by atoms with Crippen molar-refractivity contribution in [1.82, 2.24) is 14.5 Å². The van der Waals surface area contributed by atoms with Gasteiger partial charge < -0.3 is 9.88 Å². The van der Waals surface area contributed by atoms with Gasteiger partial charge in [0.15, 0.2) is 0 Å². The lowest BCUT2D eigenvalue weighted by atomic mass is 10.0. The topological polar surface area (TPSA) is 50.2 Å². The molecule has 0 saturated carbocycles. The minimum absolute atomic E-state index is 0.302. The number of benzene rings is 2. The summed E-state index contributed by atoms with van der Waals surface area (Å²) < 4.78 is 41.6. The highest BCUT2D eigenvalue weighted by atomic mass is 19.4. The van der Waals surface area contributed by atoms with Crippen LogP contribution in [0.2, 0.25) is 0 Å². The summed E-state index contributed by atoms with van der Waals surface area (Å²) in [7, 11) is 1.87. The van der Waals surface area contributed by atoms with Gasteiger partial charge in [-0.25, -0.2) is 4.98 Å². The highest BCUT2D eigenvalue weighted by Gasteiger charge is 2.33. The smallest absolute Gasteiger partial charge is 0.334 e. The number of alkyl halides is 3. The van der Waals surface area contributed by atoms with Crippen molar-refractivity contribution in [2.45, 2.75) is 26.1 Å². The molecule has 0 fully saturated rings. The Hall–Kier alpha value is -3.13. The summed E-state index contributed by atoms with van der Waals surface area (Å²) in [6, 6.07) is 11.3. The third-order valence-corrected chi connectivity index (χ3v) is 5.17. The Kier molecular flexibility index (Phi) is 6.80. The molecule has 5 nitrogen and oxygen atoms in total. The number of nitrogens with one attached hydrogen (secondary N) is 1. The van der Waals surface area contributed by atoms with E-state index in [2.05, 4.69) is 10.3 Å². The standard InChI is InChI=1S/C23H25F3N4O/c1-4-30(5-2)20(16-8-6-10-18(14-16)23(24,25)26)22(31)28-19-11-7-9-17(15-19)21-27-12-13-29(21)3/h6-15,20H,4-5H2,1-3H3,(H,28,31)/t20-/m1/s1. The molecule has 31 heavy (non-hydrogen) atoms. The van der Waals surface area contributed by atoms with E-state index in [9.17, 15) is 18.0 Å². The van der Waals surface area contributed by atoms with Crippen molar-refractivity contribution in [2.24, 2.45) is 7.05 Å². The normalized spacial score (nSPS) is 12.7. The highest BCUT2D eigenvalue weighted by molar-refractivity contribution is 5.96. The van der Waals surface area contributed by atoms with Gasteiger partial charge in [0, 0.05) is 30.7 Å². The van der Waals surface area contributed by atoms with Crippen molar-refractivity contribution >= 4 is 11.6 Å². The Morgan fingerprint density at radius 1 is 1.13 bits per heavy atom. The maximum Gasteiger partial charge on any atom is 0.416 e. The summed E-state index contributed by atoms with van der Waals surface area (Å²) in [5.41, 5.74) is 0.904. The Morgan fingerprint density at radius 2 is 1.84 bits per heavy atom. The lowest BCUT2D eigenvalue weighted by Crippen LogP contribution is -2.37. The van der Waals surface area contributed by atoms with Crippen molar-refractivity contribution in [1.29, 1.82) is 0 Å². The third-order valence-electron chi connectivity index (χ3n) is 5.17. The molecule has 164 valence electrons. The molecule has 1 aromatic heterocycles. The lowest BCUT2D eigenvalue weighted by Gasteiger charge is -2.29. The van der Waals surface area contributed by atoms with E-state index >= 15 is 0 Å². The number of likely N-dealkylation sites (N-methyl/N-ethyl adjacent to an activating group) is 1. The number of anilines is 1. The first kappa shape index (κ1) is 22.6. The molecule has 0 aliphatic rings. The molecule has 3 rings (SSSR count). The number of amides is 1. The number of halogens is 3. The van der Waals surface area contributed by atoms with E-state index in [0.717, 1.165) is 23.5 Å². The van der Waals surface area contributed by atoms with Crippen LogP contribution in [0.25, 0.3) is 11.4 Å². The molecule has 3 aromatic rings. The first-order valence-corrected chi connectivity index (χ1v) is 10.0. The van der Waals surface area contributed by atoms with Gasteiger partial charge in [-0.3, -0.25) is 9.69 Å². The minimum atomic E-state index is -4.48. The zero-order valence-corrected chi connectivity index (χ0v) is 17.6. The number of hydrogen-bond donors (Lipinski definition) is 1. The van der Waals surface area contributed by atoms with E-state index in [4.69, 9.17) is 0 Å². The average molecular weight is 430 g/mol. The number of imidazole rings is 1. The van der Waals surface area contributed by atoms with Gasteiger partial charge >= 0.3 is 6.18 Å². The number of aromatic nitrogens is 2. The summed E-state index contributed by atoms with van der Waals surface area (Å²) >= 11 is 0. The van der Waals surface area contributed by atoms with Gasteiger partial charge in [-0.05, 0) is 42.9 Å². The molecular formula is C23H25F3N4O. The van der Waals surface area contributed by atoms with Crippen LogP contribution in [0.15, 0.2) is 60.9 Å². The fraction of sp³-hybridized carbons (Fsp3) is 0.304. The Balaban J connectivity index is 1.93. The van der Waals surface area contributed by atoms with Crippen LogP contribution in [0.5, 0.6) is 0 Å². The van der Waals surface area contributed by atoms with Crippen molar-refractivity contribution in [2.75, 3.05) is 18.4 Å². The monoisotopic (exact) mass is 430 g/mol. The lowest BCUT2D eigenvalue weighted by molar-refractivity contribution is -0.137. The molecule has 0 unspecified atom stereocenters. The fourth-order valence-corrected chi connectivity index (χ4v) is 3.59. The van der Waals surface area contributed by atoms with E-state index in [1.54, 1.807) is 30.5 Å². The van der Waals surface area contributed by atoms with Crippen LogP contribution in [-0.4, -0.2) is 33.4 Å². The zero-order chi connectivity index (χ0) is 22.6. The van der Waals surface area contributed by atoms with Gasteiger partial charge in [0.2, 0.25) is 5.91 Å². The number of carbonyl (C=O) groups excluding carboxylic acids is 1. The maximum atomic E-state index is 13.2. The van der Waals surface area contributed by atoms with Crippen LogP contribution < -0.4 is 5.32 Å². The molecule has 2 aromatic carbocycles. The average Bonchev–Trinajstić information content (AvgIpc) is 3.17. The maximum absolute atomic E-state index is 13.2. The summed E-state index contributed by atoms with van der Waals surface area (Å²) in [6.07, 6.45) is -0.966. The van der Waals surface area contributed by atoms with E-state index in [0.29, 0.717) is 24.3 Å². The molecule has 0 aliphatic heterocycles. The van der Waals surface area contributed by atoms with Crippen molar-refractivity contribution in [3.05, 3.63) is 72.1 Å². The molecule has 0 spiro atoms. The largest absolute Gasteiger partial charge is 0.416 e. The van der Waals surface area contributed by atoms with Gasteiger partial charge in [-0.1, -0.05) is 38.1 Å². The second-order valence-electron chi connectivity index (χ2n) is 7.18. The number of nitrogens with zero attached hydrogens (tertiary/aromatic N) is 3. The minimum Gasteiger partial charge on any atom is -0.334 e. The first-order chi connectivity index (χ1) is 14.7. The molecule has 1 heterocycles. The van der Waals surface area contributed by atoms with Crippen LogP contribution in [0, 0.1) is 0 Å². The van der Waals surface area contributed by atoms with Crippen molar-refractivity contribution in [3.8, 4) is 11.4 Å². The van der Waals surface area contributed by atoms with Gasteiger partial charge in [0.25, 0.3) is 0 Å². The van der Waals surface area contributed by atoms with Crippen molar-refractivity contribution < 1.29 is 18.0 Å². The molecule has 0 bridgehead atoms. The van der Waals surface area contributed by atoms with Gasteiger partial charge in [0.05, 0.1) is 5.56 Å². The SMILES string of the molecule is CCN(CC)[C@@H](C(=O)Nc1cccc(-c2nccn2C)c1)c1cccc(C(F)(F)F)c1. The second-order valence-corrected chi connectivity index (χ2v) is 7.18. The van der Waals surface area contributed by atoms with Gasteiger partial charge in [0.1, 0.15) is 11.9 Å². The molecule has 1 N–H and O–H groups in total. The van der Waals surface area contributed by atoms with Crippen LogP contribution in [-0.2, 0) is 18.0 Å². The summed E-state index contributed by atoms with van der Waals surface area (Å²) in [6.45, 7) is 4.77. The molecule has 8 heteroatoms.